The molecule has 0 aliphatic rings. The van der Waals surface area contributed by atoms with Gasteiger partial charge in [-0.1, -0.05) is 35.6 Å². The summed E-state index contributed by atoms with van der Waals surface area (Å²) in [5.41, 5.74) is 2.01. The zero-order chi connectivity index (χ0) is 18.4. The van der Waals surface area contributed by atoms with E-state index in [1.54, 1.807) is 13.2 Å². The van der Waals surface area contributed by atoms with Gasteiger partial charge in [-0.05, 0) is 42.8 Å². The van der Waals surface area contributed by atoms with Crippen molar-refractivity contribution in [2.75, 3.05) is 13.7 Å². The molecule has 26 heavy (non-hydrogen) atoms. The van der Waals surface area contributed by atoms with Gasteiger partial charge >= 0.3 is 0 Å². The van der Waals surface area contributed by atoms with Crippen LogP contribution in [0, 0.1) is 0 Å². The molecule has 3 rings (SSSR count). The molecule has 1 heterocycles. The third-order valence-electron chi connectivity index (χ3n) is 3.72. The summed E-state index contributed by atoms with van der Waals surface area (Å²) in [7, 11) is 1.59. The van der Waals surface area contributed by atoms with E-state index >= 15 is 0 Å². The minimum absolute atomic E-state index is 0.187. The predicted octanol–water partition coefficient (Wildman–Crippen LogP) is 3.57. The molecule has 132 valence electrons. The lowest BCUT2D eigenvalue weighted by molar-refractivity contribution is 0.104. The van der Waals surface area contributed by atoms with E-state index in [0.29, 0.717) is 23.8 Å². The van der Waals surface area contributed by atoms with Crippen LogP contribution in [-0.4, -0.2) is 34.5 Å². The van der Waals surface area contributed by atoms with Gasteiger partial charge in [-0.2, -0.15) is 0 Å². The second kappa shape index (κ2) is 8.11. The second-order valence-corrected chi connectivity index (χ2v) is 5.41. The van der Waals surface area contributed by atoms with Gasteiger partial charge in [0.05, 0.1) is 25.6 Å². The number of hydrogen-bond acceptors (Lipinski definition) is 5. The summed E-state index contributed by atoms with van der Waals surface area (Å²) >= 11 is 0. The van der Waals surface area contributed by atoms with Gasteiger partial charge in [0.15, 0.2) is 11.5 Å². The first kappa shape index (κ1) is 17.4. The summed E-state index contributed by atoms with van der Waals surface area (Å²) < 4.78 is 12.3. The van der Waals surface area contributed by atoms with E-state index in [-0.39, 0.29) is 5.78 Å². The number of hydrogen-bond donors (Lipinski definition) is 0. The van der Waals surface area contributed by atoms with Gasteiger partial charge in [0.2, 0.25) is 5.78 Å². The molecular formula is C20H19N3O3. The molecule has 0 aliphatic carbocycles. The molecule has 6 nitrogen and oxygen atoms in total. The first-order chi connectivity index (χ1) is 12.7. The van der Waals surface area contributed by atoms with Gasteiger partial charge in [-0.15, -0.1) is 5.10 Å². The lowest BCUT2D eigenvalue weighted by atomic mass is 10.1. The highest BCUT2D eigenvalue weighted by Gasteiger charge is 2.12. The van der Waals surface area contributed by atoms with Crippen LogP contribution < -0.4 is 9.47 Å². The molecule has 0 bridgehead atoms. The van der Waals surface area contributed by atoms with Crippen molar-refractivity contribution in [1.82, 2.24) is 15.0 Å². The molecule has 1 aromatic heterocycles. The molecule has 0 saturated heterocycles. The second-order valence-electron chi connectivity index (χ2n) is 5.41. The van der Waals surface area contributed by atoms with Crippen molar-refractivity contribution in [3.8, 4) is 17.2 Å². The third kappa shape index (κ3) is 3.80. The maximum absolute atomic E-state index is 12.6. The minimum atomic E-state index is -0.187. The Hall–Kier alpha value is -3.41. The van der Waals surface area contributed by atoms with Crippen LogP contribution in [-0.2, 0) is 0 Å². The van der Waals surface area contributed by atoms with Crippen molar-refractivity contribution in [3.05, 3.63) is 72.1 Å². The van der Waals surface area contributed by atoms with E-state index in [1.807, 2.05) is 55.5 Å². The lowest BCUT2D eigenvalue weighted by Crippen LogP contribution is -2.06. The summed E-state index contributed by atoms with van der Waals surface area (Å²) in [6, 6.07) is 14.9. The van der Waals surface area contributed by atoms with E-state index < -0.39 is 0 Å². The quantitative estimate of drug-likeness (QED) is 0.482. The van der Waals surface area contributed by atoms with Crippen molar-refractivity contribution >= 4 is 11.9 Å². The minimum Gasteiger partial charge on any atom is -0.493 e. The molecule has 6 heteroatoms. The first-order valence-corrected chi connectivity index (χ1v) is 8.22. The Morgan fingerprint density at radius 1 is 1.15 bits per heavy atom. The number of nitrogens with zero attached hydrogens (tertiary/aromatic N) is 3. The zero-order valence-corrected chi connectivity index (χ0v) is 14.6. The van der Waals surface area contributed by atoms with Crippen molar-refractivity contribution in [2.45, 2.75) is 6.92 Å². The summed E-state index contributed by atoms with van der Waals surface area (Å²) in [6.45, 7) is 2.44. The fourth-order valence-electron chi connectivity index (χ4n) is 2.49. The topological polar surface area (TPSA) is 66.2 Å². The van der Waals surface area contributed by atoms with Crippen LogP contribution in [0.15, 0.2) is 60.8 Å². The normalized spacial score (nSPS) is 10.8. The van der Waals surface area contributed by atoms with Crippen LogP contribution >= 0.6 is 0 Å². The Labute approximate surface area is 151 Å². The number of methoxy groups -OCH3 is 1. The lowest BCUT2D eigenvalue weighted by Gasteiger charge is -2.09. The van der Waals surface area contributed by atoms with Crippen molar-refractivity contribution in [1.29, 1.82) is 0 Å². The molecule has 0 radical (unpaired) electrons. The van der Waals surface area contributed by atoms with Crippen LogP contribution in [0.3, 0.4) is 0 Å². The number of ketones is 1. The molecule has 0 saturated carbocycles. The third-order valence-corrected chi connectivity index (χ3v) is 3.72. The number of para-hydroxylation sites is 1. The maximum atomic E-state index is 12.6. The Morgan fingerprint density at radius 2 is 1.96 bits per heavy atom. The number of ether oxygens (including phenoxy) is 2. The average molecular weight is 349 g/mol. The molecule has 0 atom stereocenters. The molecule has 0 aliphatic heterocycles. The van der Waals surface area contributed by atoms with E-state index in [4.69, 9.17) is 9.47 Å². The summed E-state index contributed by atoms with van der Waals surface area (Å²) in [5, 5.41) is 7.86. The van der Waals surface area contributed by atoms with E-state index in [0.717, 1.165) is 11.3 Å². The summed E-state index contributed by atoms with van der Waals surface area (Å²) in [5.74, 6) is 1.11. The van der Waals surface area contributed by atoms with Crippen molar-refractivity contribution < 1.29 is 14.3 Å². The number of carbonyl (C=O) groups is 1. The average Bonchev–Trinajstić information content (AvgIpc) is 3.17. The number of benzene rings is 2. The monoisotopic (exact) mass is 349 g/mol. The molecule has 0 amide bonds. The highest BCUT2D eigenvalue weighted by atomic mass is 16.5. The zero-order valence-electron chi connectivity index (χ0n) is 14.6. The number of allylic oxidation sites excluding steroid dienone is 1. The molecular weight excluding hydrogens is 330 g/mol. The van der Waals surface area contributed by atoms with E-state index in [1.165, 1.54) is 17.0 Å². The van der Waals surface area contributed by atoms with Gasteiger partial charge in [0.1, 0.15) is 5.69 Å². The van der Waals surface area contributed by atoms with Crippen molar-refractivity contribution in [2.24, 2.45) is 0 Å². The fourth-order valence-corrected chi connectivity index (χ4v) is 2.49. The smallest absolute Gasteiger partial charge is 0.205 e. The van der Waals surface area contributed by atoms with Crippen LogP contribution in [0.2, 0.25) is 0 Å². The Bertz CT molecular complexity index is 917. The van der Waals surface area contributed by atoms with Gasteiger partial charge in [0.25, 0.3) is 0 Å². The highest BCUT2D eigenvalue weighted by Crippen LogP contribution is 2.28. The standard InChI is InChI=1S/C20H19N3O3/c1-3-26-20-13-15(10-12-19(20)25-2)9-11-18(24)17-14-21-22-23(17)16-7-5-4-6-8-16/h4-14H,3H2,1-2H3/b11-9+. The van der Waals surface area contributed by atoms with Gasteiger partial charge < -0.3 is 9.47 Å². The van der Waals surface area contributed by atoms with E-state index in [2.05, 4.69) is 10.3 Å². The largest absolute Gasteiger partial charge is 0.493 e. The number of aromatic nitrogens is 3. The molecule has 3 aromatic rings. The molecule has 0 spiro atoms. The van der Waals surface area contributed by atoms with Crippen LogP contribution in [0.1, 0.15) is 23.0 Å². The Balaban J connectivity index is 1.83. The van der Waals surface area contributed by atoms with Crippen LogP contribution in [0.25, 0.3) is 11.8 Å². The van der Waals surface area contributed by atoms with Gasteiger partial charge in [0, 0.05) is 0 Å². The van der Waals surface area contributed by atoms with Gasteiger partial charge in [-0.25, -0.2) is 4.68 Å². The summed E-state index contributed by atoms with van der Waals surface area (Å²) in [4.78, 5) is 12.6. The molecule has 0 unspecified atom stereocenters. The van der Waals surface area contributed by atoms with Crippen LogP contribution in [0.4, 0.5) is 0 Å². The molecule has 2 aromatic carbocycles. The Kier molecular flexibility index (Phi) is 5.43. The predicted molar refractivity (Wildman–Crippen MR) is 98.9 cm³/mol. The first-order valence-electron chi connectivity index (χ1n) is 8.22. The van der Waals surface area contributed by atoms with Crippen LogP contribution in [0.5, 0.6) is 11.5 Å². The molecule has 0 N–H and O–H groups in total. The molecule has 0 fully saturated rings. The fraction of sp³-hybridized carbons (Fsp3) is 0.150. The SMILES string of the molecule is CCOc1cc(/C=C/C(=O)c2cnnn2-c2ccccc2)ccc1OC. The number of rotatable bonds is 7. The van der Waals surface area contributed by atoms with Crippen molar-refractivity contribution in [3.63, 3.8) is 0 Å². The Morgan fingerprint density at radius 3 is 2.69 bits per heavy atom. The highest BCUT2D eigenvalue weighted by molar-refractivity contribution is 6.05. The maximum Gasteiger partial charge on any atom is 0.205 e. The van der Waals surface area contributed by atoms with E-state index in [9.17, 15) is 4.79 Å². The van der Waals surface area contributed by atoms with Gasteiger partial charge in [-0.3, -0.25) is 4.79 Å². The number of carbonyl (C=O) groups excluding carboxylic acids is 1. The summed E-state index contributed by atoms with van der Waals surface area (Å²) in [6.07, 6.45) is 4.68.